The van der Waals surface area contributed by atoms with Gasteiger partial charge in [-0.1, -0.05) is 23.4 Å². The standard InChI is InChI=1S/C13H16N4O3S/c1-7-3-5-17(6-4-7)13-15-9(10(21-13)12(18)19)11-14-8(2)16-20-11/h7H,3-6H2,1-2H3,(H,18,19). The van der Waals surface area contributed by atoms with Crippen molar-refractivity contribution in [3.63, 3.8) is 0 Å². The highest BCUT2D eigenvalue weighted by molar-refractivity contribution is 7.17. The molecule has 0 aliphatic carbocycles. The maximum Gasteiger partial charge on any atom is 0.348 e. The molecular formula is C13H16N4O3S. The topological polar surface area (TPSA) is 92.4 Å². The molecule has 1 N–H and O–H groups in total. The van der Waals surface area contributed by atoms with Gasteiger partial charge in [-0.3, -0.25) is 0 Å². The van der Waals surface area contributed by atoms with Gasteiger partial charge >= 0.3 is 5.97 Å². The second-order valence-electron chi connectivity index (χ2n) is 5.30. The molecule has 8 heteroatoms. The van der Waals surface area contributed by atoms with Crippen molar-refractivity contribution in [1.82, 2.24) is 15.1 Å². The van der Waals surface area contributed by atoms with Gasteiger partial charge in [0, 0.05) is 13.1 Å². The Balaban J connectivity index is 1.95. The predicted molar refractivity (Wildman–Crippen MR) is 77.7 cm³/mol. The van der Waals surface area contributed by atoms with Gasteiger partial charge < -0.3 is 14.5 Å². The van der Waals surface area contributed by atoms with Gasteiger partial charge in [0.15, 0.2) is 16.6 Å². The molecule has 1 aliphatic rings. The fraction of sp³-hybridized carbons (Fsp3) is 0.538. The van der Waals surface area contributed by atoms with Crippen LogP contribution in [0.25, 0.3) is 11.6 Å². The van der Waals surface area contributed by atoms with E-state index in [1.807, 2.05) is 0 Å². The van der Waals surface area contributed by atoms with Crippen LogP contribution in [0.3, 0.4) is 0 Å². The number of hydrogen-bond acceptors (Lipinski definition) is 7. The Bertz CT molecular complexity index is 658. The van der Waals surface area contributed by atoms with E-state index in [4.69, 9.17) is 4.52 Å². The number of nitrogens with zero attached hydrogens (tertiary/aromatic N) is 4. The number of thiazole rings is 1. The van der Waals surface area contributed by atoms with Crippen molar-refractivity contribution in [2.45, 2.75) is 26.7 Å². The highest BCUT2D eigenvalue weighted by Gasteiger charge is 2.26. The molecule has 1 saturated heterocycles. The fourth-order valence-corrected chi connectivity index (χ4v) is 3.28. The van der Waals surface area contributed by atoms with E-state index in [1.54, 1.807) is 6.92 Å². The van der Waals surface area contributed by atoms with E-state index in [0.717, 1.165) is 25.9 Å². The number of rotatable bonds is 3. The van der Waals surface area contributed by atoms with Crippen LogP contribution in [0.15, 0.2) is 4.52 Å². The molecule has 21 heavy (non-hydrogen) atoms. The number of aryl methyl sites for hydroxylation is 1. The van der Waals surface area contributed by atoms with Gasteiger partial charge in [0.2, 0.25) is 0 Å². The van der Waals surface area contributed by atoms with Gasteiger partial charge in [0.1, 0.15) is 4.88 Å². The molecule has 0 amide bonds. The molecule has 0 spiro atoms. The Morgan fingerprint density at radius 2 is 2.10 bits per heavy atom. The third-order valence-corrected chi connectivity index (χ3v) is 4.70. The second kappa shape index (κ2) is 5.44. The van der Waals surface area contributed by atoms with Gasteiger partial charge in [-0.25, -0.2) is 9.78 Å². The van der Waals surface area contributed by atoms with Gasteiger partial charge in [-0.15, -0.1) is 0 Å². The molecule has 0 saturated carbocycles. The molecule has 1 fully saturated rings. The number of aromatic carboxylic acids is 1. The van der Waals surface area contributed by atoms with Crippen molar-refractivity contribution in [3.05, 3.63) is 10.7 Å². The molecule has 2 aromatic rings. The van der Waals surface area contributed by atoms with Crippen molar-refractivity contribution >= 4 is 22.4 Å². The second-order valence-corrected chi connectivity index (χ2v) is 6.27. The average molecular weight is 308 g/mol. The minimum atomic E-state index is -1.02. The van der Waals surface area contributed by atoms with E-state index in [2.05, 4.69) is 26.9 Å². The number of carbonyl (C=O) groups is 1. The Morgan fingerprint density at radius 3 is 2.67 bits per heavy atom. The largest absolute Gasteiger partial charge is 0.477 e. The number of hydrogen-bond donors (Lipinski definition) is 1. The van der Waals surface area contributed by atoms with Crippen molar-refractivity contribution < 1.29 is 14.4 Å². The number of aromatic nitrogens is 3. The minimum absolute atomic E-state index is 0.146. The Labute approximate surface area is 125 Å². The molecule has 2 aromatic heterocycles. The molecule has 7 nitrogen and oxygen atoms in total. The van der Waals surface area contributed by atoms with Gasteiger partial charge in [-0.2, -0.15) is 4.98 Å². The van der Waals surface area contributed by atoms with Crippen LogP contribution in [0, 0.1) is 12.8 Å². The summed E-state index contributed by atoms with van der Waals surface area (Å²) in [6, 6.07) is 0. The average Bonchev–Trinajstić information content (AvgIpc) is 3.05. The first kappa shape index (κ1) is 14.0. The first-order valence-electron chi connectivity index (χ1n) is 6.84. The summed E-state index contributed by atoms with van der Waals surface area (Å²) in [5.74, 6) is 0.314. The van der Waals surface area contributed by atoms with E-state index in [0.29, 0.717) is 16.9 Å². The zero-order valence-corrected chi connectivity index (χ0v) is 12.7. The predicted octanol–water partition coefficient (Wildman–Crippen LogP) is 2.44. The monoisotopic (exact) mass is 308 g/mol. The third kappa shape index (κ3) is 2.76. The number of anilines is 1. The molecule has 0 aromatic carbocycles. The van der Waals surface area contributed by atoms with Crippen molar-refractivity contribution in [2.24, 2.45) is 5.92 Å². The maximum absolute atomic E-state index is 11.4. The van der Waals surface area contributed by atoms with Crippen molar-refractivity contribution in [2.75, 3.05) is 18.0 Å². The first-order valence-corrected chi connectivity index (χ1v) is 7.66. The van der Waals surface area contributed by atoms with Crippen LogP contribution in [0.5, 0.6) is 0 Å². The molecule has 0 radical (unpaired) electrons. The zero-order chi connectivity index (χ0) is 15.0. The minimum Gasteiger partial charge on any atom is -0.477 e. The van der Waals surface area contributed by atoms with Crippen LogP contribution in [-0.4, -0.2) is 39.3 Å². The molecule has 3 heterocycles. The van der Waals surface area contributed by atoms with E-state index >= 15 is 0 Å². The summed E-state index contributed by atoms with van der Waals surface area (Å²) in [5, 5.41) is 13.8. The summed E-state index contributed by atoms with van der Waals surface area (Å²) in [4.78, 5) is 22.2. The van der Waals surface area contributed by atoms with Crippen LogP contribution in [0.4, 0.5) is 5.13 Å². The summed E-state index contributed by atoms with van der Waals surface area (Å²) in [6.45, 7) is 5.72. The SMILES string of the molecule is Cc1noc(-c2nc(N3CCC(C)CC3)sc2C(=O)O)n1. The summed E-state index contributed by atoms with van der Waals surface area (Å²) >= 11 is 1.17. The normalized spacial score (nSPS) is 16.4. The van der Waals surface area contributed by atoms with Crippen LogP contribution in [-0.2, 0) is 0 Å². The van der Waals surface area contributed by atoms with Crippen LogP contribution < -0.4 is 4.90 Å². The van der Waals surface area contributed by atoms with E-state index < -0.39 is 5.97 Å². The fourth-order valence-electron chi connectivity index (χ4n) is 2.33. The molecule has 0 unspecified atom stereocenters. The Kier molecular flexibility index (Phi) is 3.62. The number of piperidine rings is 1. The van der Waals surface area contributed by atoms with Gasteiger partial charge in [0.25, 0.3) is 5.89 Å². The lowest BCUT2D eigenvalue weighted by Gasteiger charge is -2.29. The summed E-state index contributed by atoms with van der Waals surface area (Å²) in [7, 11) is 0. The van der Waals surface area contributed by atoms with Gasteiger partial charge in [-0.05, 0) is 25.7 Å². The summed E-state index contributed by atoms with van der Waals surface area (Å²) in [6.07, 6.45) is 2.19. The number of carboxylic acids is 1. The lowest BCUT2D eigenvalue weighted by Crippen LogP contribution is -2.32. The first-order chi connectivity index (χ1) is 10.0. The van der Waals surface area contributed by atoms with Crippen LogP contribution >= 0.6 is 11.3 Å². The molecule has 0 atom stereocenters. The lowest BCUT2D eigenvalue weighted by atomic mass is 10.00. The van der Waals surface area contributed by atoms with Crippen molar-refractivity contribution in [3.8, 4) is 11.6 Å². The molecule has 0 bridgehead atoms. The van der Waals surface area contributed by atoms with E-state index in [-0.39, 0.29) is 16.5 Å². The summed E-state index contributed by atoms with van der Waals surface area (Å²) in [5.41, 5.74) is 0.265. The van der Waals surface area contributed by atoms with Crippen LogP contribution in [0.2, 0.25) is 0 Å². The Morgan fingerprint density at radius 1 is 1.38 bits per heavy atom. The zero-order valence-electron chi connectivity index (χ0n) is 11.9. The Hall–Kier alpha value is -1.96. The van der Waals surface area contributed by atoms with Gasteiger partial charge in [0.05, 0.1) is 0 Å². The molecular weight excluding hydrogens is 292 g/mol. The molecule has 3 rings (SSSR count). The molecule has 1 aliphatic heterocycles. The summed E-state index contributed by atoms with van der Waals surface area (Å²) < 4.78 is 5.06. The van der Waals surface area contributed by atoms with Crippen LogP contribution in [0.1, 0.15) is 35.3 Å². The smallest absolute Gasteiger partial charge is 0.348 e. The van der Waals surface area contributed by atoms with Crippen molar-refractivity contribution in [1.29, 1.82) is 0 Å². The number of carboxylic acid groups (broad SMARTS) is 1. The van der Waals surface area contributed by atoms with E-state index in [9.17, 15) is 9.90 Å². The maximum atomic E-state index is 11.4. The third-order valence-electron chi connectivity index (χ3n) is 3.59. The quantitative estimate of drug-likeness (QED) is 0.930. The highest BCUT2D eigenvalue weighted by atomic mass is 32.1. The lowest BCUT2D eigenvalue weighted by molar-refractivity contribution is 0.0702. The molecule has 112 valence electrons. The van der Waals surface area contributed by atoms with E-state index in [1.165, 1.54) is 11.3 Å². The highest BCUT2D eigenvalue weighted by Crippen LogP contribution is 2.34.